The van der Waals surface area contributed by atoms with Crippen molar-refractivity contribution in [2.75, 3.05) is 0 Å². The minimum atomic E-state index is -2.53. The molecule has 1 saturated carbocycles. The molecule has 140 valence electrons. The van der Waals surface area contributed by atoms with Crippen LogP contribution in [0.15, 0.2) is 46.2 Å². The monoisotopic (exact) mass is 385 g/mol. The third-order valence-corrected chi connectivity index (χ3v) is 6.83. The Balaban J connectivity index is 1.78. The van der Waals surface area contributed by atoms with E-state index in [1.807, 2.05) is 25.1 Å². The first-order valence-electron chi connectivity index (χ1n) is 9.01. The summed E-state index contributed by atoms with van der Waals surface area (Å²) >= 11 is 1.55. The first-order chi connectivity index (χ1) is 12.8. The first-order valence-corrected chi connectivity index (χ1v) is 9.89. The number of hydrogen-bond acceptors (Lipinski definition) is 4. The zero-order chi connectivity index (χ0) is 19.3. The van der Waals surface area contributed by atoms with Crippen LogP contribution in [0.25, 0.3) is 10.1 Å². The van der Waals surface area contributed by atoms with Gasteiger partial charge < -0.3 is 11.1 Å². The number of nitrogens with two attached hydrogens (primary N) is 1. The van der Waals surface area contributed by atoms with Gasteiger partial charge in [-0.3, -0.25) is 0 Å². The number of thiophene rings is 1. The fraction of sp³-hybridized carbons (Fsp3) is 0.381. The Bertz CT molecular complexity index is 1020. The van der Waals surface area contributed by atoms with Crippen LogP contribution in [0.4, 0.5) is 8.78 Å². The van der Waals surface area contributed by atoms with Crippen LogP contribution in [0.1, 0.15) is 50.2 Å². The predicted molar refractivity (Wildman–Crippen MR) is 104 cm³/mol. The Morgan fingerprint density at radius 3 is 2.74 bits per heavy atom. The van der Waals surface area contributed by atoms with E-state index in [2.05, 4.69) is 23.7 Å². The Hall–Kier alpha value is -2.39. The molecule has 1 atom stereocenters. The molecular formula is C21H21F2N3S. The van der Waals surface area contributed by atoms with E-state index in [1.165, 1.54) is 0 Å². The topological polar surface area (TPSA) is 61.8 Å². The van der Waals surface area contributed by atoms with Gasteiger partial charge in [0.1, 0.15) is 11.9 Å². The number of hydrogen-bond donors (Lipinski definition) is 2. The van der Waals surface area contributed by atoms with E-state index in [9.17, 15) is 14.0 Å². The third kappa shape index (κ3) is 3.00. The number of rotatable bonds is 3. The minimum absolute atomic E-state index is 0.0383. The Morgan fingerprint density at radius 1 is 1.33 bits per heavy atom. The highest BCUT2D eigenvalue weighted by molar-refractivity contribution is 7.17. The van der Waals surface area contributed by atoms with Gasteiger partial charge in [0.25, 0.3) is 0 Å². The largest absolute Gasteiger partial charge is 0.385 e. The maximum atomic E-state index is 13.3. The highest BCUT2D eigenvalue weighted by Crippen LogP contribution is 2.50. The summed E-state index contributed by atoms with van der Waals surface area (Å²) in [7, 11) is 0. The van der Waals surface area contributed by atoms with Crippen molar-refractivity contribution in [3.8, 4) is 6.07 Å². The van der Waals surface area contributed by atoms with E-state index >= 15 is 0 Å². The van der Waals surface area contributed by atoms with Gasteiger partial charge in [-0.1, -0.05) is 12.1 Å². The second-order valence-corrected chi connectivity index (χ2v) is 8.50. The molecule has 0 saturated heterocycles. The number of benzene rings is 1. The lowest BCUT2D eigenvalue weighted by Gasteiger charge is -2.38. The molecule has 0 spiro atoms. The van der Waals surface area contributed by atoms with Crippen molar-refractivity contribution in [3.63, 3.8) is 0 Å². The summed E-state index contributed by atoms with van der Waals surface area (Å²) < 4.78 is 27.6. The molecular weight excluding hydrogens is 364 g/mol. The van der Waals surface area contributed by atoms with Gasteiger partial charge in [0.2, 0.25) is 5.92 Å². The average Bonchev–Trinajstić information content (AvgIpc) is 3.02. The van der Waals surface area contributed by atoms with E-state index in [-0.39, 0.29) is 24.7 Å². The van der Waals surface area contributed by atoms with Crippen LogP contribution in [0.5, 0.6) is 0 Å². The van der Waals surface area contributed by atoms with Gasteiger partial charge in [-0.05, 0) is 59.7 Å². The SMILES string of the molecule is CC1=C(C)C(c2csc3c(C#N)cccc23)C(CC2CC(F)(F)C2)=C(N)N1. The molecule has 2 aliphatic rings. The molecule has 1 aliphatic carbocycles. The van der Waals surface area contributed by atoms with E-state index in [0.29, 0.717) is 17.8 Å². The molecule has 1 aromatic carbocycles. The standard InChI is InChI=1S/C21H21F2N3S/c1-11-12(2)26-20(25)16(6-13-7-21(22,23)8-13)18(11)17-10-27-19-14(9-24)4-3-5-15(17)19/h3-5,10,13,18,26H,6-8,25H2,1-2H3. The highest BCUT2D eigenvalue weighted by Gasteiger charge is 2.46. The molecule has 1 aromatic heterocycles. The van der Waals surface area contributed by atoms with Crippen molar-refractivity contribution >= 4 is 21.4 Å². The molecule has 0 amide bonds. The smallest absolute Gasteiger partial charge is 0.248 e. The molecule has 0 radical (unpaired) electrons. The van der Waals surface area contributed by atoms with Gasteiger partial charge >= 0.3 is 0 Å². The molecule has 1 unspecified atom stereocenters. The Kier molecular flexibility index (Phi) is 4.23. The zero-order valence-electron chi connectivity index (χ0n) is 15.3. The van der Waals surface area contributed by atoms with Crippen molar-refractivity contribution in [1.29, 1.82) is 5.26 Å². The number of allylic oxidation sites excluding steroid dienone is 3. The van der Waals surface area contributed by atoms with Crippen LogP contribution in [-0.4, -0.2) is 5.92 Å². The van der Waals surface area contributed by atoms with Crippen molar-refractivity contribution in [3.05, 3.63) is 57.4 Å². The molecule has 27 heavy (non-hydrogen) atoms. The fourth-order valence-electron chi connectivity index (χ4n) is 4.29. The number of nitrogens with zero attached hydrogens (tertiary/aromatic N) is 1. The lowest BCUT2D eigenvalue weighted by molar-refractivity contribution is -0.110. The number of alkyl halides is 2. The normalized spacial score (nSPS) is 22.6. The summed E-state index contributed by atoms with van der Waals surface area (Å²) in [5, 5.41) is 15.7. The van der Waals surface area contributed by atoms with Crippen molar-refractivity contribution in [2.45, 2.75) is 45.0 Å². The fourth-order valence-corrected chi connectivity index (χ4v) is 5.35. The van der Waals surface area contributed by atoms with E-state index in [1.54, 1.807) is 11.3 Å². The molecule has 1 aliphatic heterocycles. The summed E-state index contributed by atoms with van der Waals surface area (Å²) in [6.45, 7) is 4.05. The molecule has 3 nitrogen and oxygen atoms in total. The molecule has 3 N–H and O–H groups in total. The van der Waals surface area contributed by atoms with Crippen LogP contribution in [0, 0.1) is 17.2 Å². The molecule has 1 fully saturated rings. The average molecular weight is 385 g/mol. The minimum Gasteiger partial charge on any atom is -0.385 e. The van der Waals surface area contributed by atoms with Gasteiger partial charge in [-0.15, -0.1) is 11.3 Å². The van der Waals surface area contributed by atoms with E-state index < -0.39 is 5.92 Å². The van der Waals surface area contributed by atoms with Gasteiger partial charge in [0.05, 0.1) is 10.3 Å². The van der Waals surface area contributed by atoms with Crippen molar-refractivity contribution in [2.24, 2.45) is 11.7 Å². The number of fused-ring (bicyclic) bond motifs is 1. The summed E-state index contributed by atoms with van der Waals surface area (Å²) in [4.78, 5) is 0. The number of halogens is 2. The van der Waals surface area contributed by atoms with E-state index in [4.69, 9.17) is 5.73 Å². The quantitative estimate of drug-likeness (QED) is 0.748. The summed E-state index contributed by atoms with van der Waals surface area (Å²) in [5.41, 5.74) is 11.2. The first kappa shape index (κ1) is 18.0. The lowest BCUT2D eigenvalue weighted by atomic mass is 9.72. The molecule has 0 bridgehead atoms. The van der Waals surface area contributed by atoms with Crippen molar-refractivity contribution in [1.82, 2.24) is 5.32 Å². The number of dihydropyridines is 1. The van der Waals surface area contributed by atoms with E-state index in [0.717, 1.165) is 32.5 Å². The second-order valence-electron chi connectivity index (χ2n) is 7.62. The summed E-state index contributed by atoms with van der Waals surface area (Å²) in [6.07, 6.45) is 0.432. The molecule has 2 heterocycles. The van der Waals surface area contributed by atoms with Gasteiger partial charge in [0, 0.05) is 24.5 Å². The lowest BCUT2D eigenvalue weighted by Crippen LogP contribution is -2.37. The number of nitriles is 1. The predicted octanol–water partition coefficient (Wildman–Crippen LogP) is 5.36. The maximum Gasteiger partial charge on any atom is 0.248 e. The van der Waals surface area contributed by atoms with Crippen LogP contribution in [0.2, 0.25) is 0 Å². The zero-order valence-corrected chi connectivity index (χ0v) is 16.1. The summed E-state index contributed by atoms with van der Waals surface area (Å²) in [6, 6.07) is 7.99. The maximum absolute atomic E-state index is 13.3. The van der Waals surface area contributed by atoms with Gasteiger partial charge in [-0.25, -0.2) is 8.78 Å². The second kappa shape index (κ2) is 6.35. The Labute approximate surface area is 161 Å². The molecule has 6 heteroatoms. The highest BCUT2D eigenvalue weighted by atomic mass is 32.1. The Morgan fingerprint density at radius 2 is 2.07 bits per heavy atom. The van der Waals surface area contributed by atoms with Crippen LogP contribution in [-0.2, 0) is 0 Å². The van der Waals surface area contributed by atoms with Crippen molar-refractivity contribution < 1.29 is 8.78 Å². The molecule has 4 rings (SSSR count). The number of nitrogens with one attached hydrogen (secondary N) is 1. The van der Waals surface area contributed by atoms with Crippen LogP contribution < -0.4 is 11.1 Å². The van der Waals surface area contributed by atoms with Gasteiger partial charge in [-0.2, -0.15) is 5.26 Å². The van der Waals surface area contributed by atoms with Gasteiger partial charge in [0.15, 0.2) is 0 Å². The summed E-state index contributed by atoms with van der Waals surface area (Å²) in [5.74, 6) is -2.03. The van der Waals surface area contributed by atoms with Crippen LogP contribution in [0.3, 0.4) is 0 Å². The third-order valence-electron chi connectivity index (χ3n) is 5.79. The molecule has 2 aromatic rings. The van der Waals surface area contributed by atoms with Crippen LogP contribution >= 0.6 is 11.3 Å².